The van der Waals surface area contributed by atoms with Crippen LogP contribution in [0.25, 0.3) is 0 Å². The number of carbonyl (C=O) groups excluding carboxylic acids is 1. The molecule has 1 amide bonds. The molecule has 17 heavy (non-hydrogen) atoms. The molecule has 0 aliphatic heterocycles. The molecule has 0 aromatic carbocycles. The SMILES string of the molecule is CC(C)(NC(=O)Cc1cccc(Br)n1)C(=O)O. The van der Waals surface area contributed by atoms with E-state index in [1.807, 2.05) is 0 Å². The van der Waals surface area contributed by atoms with E-state index in [9.17, 15) is 9.59 Å². The minimum absolute atomic E-state index is 0.0517. The highest BCUT2D eigenvalue weighted by atomic mass is 79.9. The number of hydrogen-bond donors (Lipinski definition) is 2. The number of nitrogens with one attached hydrogen (secondary N) is 1. The molecule has 0 radical (unpaired) electrons. The zero-order valence-electron chi connectivity index (χ0n) is 9.53. The van der Waals surface area contributed by atoms with Crippen LogP contribution in [0.15, 0.2) is 22.8 Å². The van der Waals surface area contributed by atoms with E-state index in [4.69, 9.17) is 5.11 Å². The van der Waals surface area contributed by atoms with Crippen LogP contribution in [-0.2, 0) is 16.0 Å². The number of nitrogens with zero attached hydrogens (tertiary/aromatic N) is 1. The molecule has 6 heteroatoms. The van der Waals surface area contributed by atoms with Gasteiger partial charge in [-0.3, -0.25) is 4.79 Å². The van der Waals surface area contributed by atoms with Crippen molar-refractivity contribution in [2.75, 3.05) is 0 Å². The van der Waals surface area contributed by atoms with Crippen molar-refractivity contribution in [1.29, 1.82) is 0 Å². The Hall–Kier alpha value is -1.43. The largest absolute Gasteiger partial charge is 0.480 e. The van der Waals surface area contributed by atoms with Crippen LogP contribution < -0.4 is 5.32 Å². The summed E-state index contributed by atoms with van der Waals surface area (Å²) in [5.74, 6) is -1.45. The van der Waals surface area contributed by atoms with Crippen LogP contribution in [0.3, 0.4) is 0 Å². The summed E-state index contributed by atoms with van der Waals surface area (Å²) in [6.45, 7) is 2.86. The van der Waals surface area contributed by atoms with E-state index in [0.717, 1.165) is 0 Å². The van der Waals surface area contributed by atoms with Crippen LogP contribution in [0.1, 0.15) is 19.5 Å². The number of amides is 1. The number of aliphatic carboxylic acids is 1. The molecule has 0 bridgehead atoms. The summed E-state index contributed by atoms with van der Waals surface area (Å²) in [5.41, 5.74) is -0.693. The fourth-order valence-corrected chi connectivity index (χ4v) is 1.54. The lowest BCUT2D eigenvalue weighted by atomic mass is 10.1. The van der Waals surface area contributed by atoms with E-state index in [0.29, 0.717) is 10.3 Å². The number of carboxylic acid groups (broad SMARTS) is 1. The predicted molar refractivity (Wildman–Crippen MR) is 65.5 cm³/mol. The molecule has 5 nitrogen and oxygen atoms in total. The fourth-order valence-electron chi connectivity index (χ4n) is 1.16. The molecule has 0 aliphatic carbocycles. The third-order valence-electron chi connectivity index (χ3n) is 2.10. The van der Waals surface area contributed by atoms with Gasteiger partial charge in [-0.1, -0.05) is 6.07 Å². The average Bonchev–Trinajstić information content (AvgIpc) is 2.15. The maximum Gasteiger partial charge on any atom is 0.328 e. The number of rotatable bonds is 4. The summed E-state index contributed by atoms with van der Waals surface area (Å²) >= 11 is 3.20. The van der Waals surface area contributed by atoms with Gasteiger partial charge in [0.2, 0.25) is 5.91 Å². The zero-order chi connectivity index (χ0) is 13.1. The van der Waals surface area contributed by atoms with Gasteiger partial charge in [0.05, 0.1) is 12.1 Å². The van der Waals surface area contributed by atoms with Gasteiger partial charge in [0, 0.05) is 0 Å². The first-order chi connectivity index (χ1) is 7.81. The molecule has 0 unspecified atom stereocenters. The zero-order valence-corrected chi connectivity index (χ0v) is 11.1. The lowest BCUT2D eigenvalue weighted by Gasteiger charge is -2.20. The Bertz CT molecular complexity index is 446. The Morgan fingerprint density at radius 2 is 2.12 bits per heavy atom. The highest BCUT2D eigenvalue weighted by molar-refractivity contribution is 9.10. The maximum absolute atomic E-state index is 11.6. The summed E-state index contributed by atoms with van der Waals surface area (Å²) in [6.07, 6.45) is 0.0517. The average molecular weight is 301 g/mol. The Balaban J connectivity index is 2.65. The van der Waals surface area contributed by atoms with Crippen molar-refractivity contribution >= 4 is 27.8 Å². The summed E-state index contributed by atoms with van der Waals surface area (Å²) in [5, 5.41) is 11.3. The highest BCUT2D eigenvalue weighted by Crippen LogP contribution is 2.08. The van der Waals surface area contributed by atoms with Crippen LogP contribution in [0, 0.1) is 0 Å². The molecule has 92 valence electrons. The molecule has 2 N–H and O–H groups in total. The van der Waals surface area contributed by atoms with Crippen molar-refractivity contribution in [1.82, 2.24) is 10.3 Å². The highest BCUT2D eigenvalue weighted by Gasteiger charge is 2.28. The summed E-state index contributed by atoms with van der Waals surface area (Å²) in [6, 6.07) is 5.22. The second kappa shape index (κ2) is 5.27. The van der Waals surface area contributed by atoms with E-state index in [2.05, 4.69) is 26.2 Å². The fraction of sp³-hybridized carbons (Fsp3) is 0.364. The first-order valence-corrected chi connectivity index (χ1v) is 5.76. The summed E-state index contributed by atoms with van der Waals surface area (Å²) in [7, 11) is 0. The summed E-state index contributed by atoms with van der Waals surface area (Å²) in [4.78, 5) is 26.5. The molecule has 0 aliphatic rings. The molecule has 0 saturated carbocycles. The van der Waals surface area contributed by atoms with Crippen molar-refractivity contribution < 1.29 is 14.7 Å². The number of pyridine rings is 1. The molecule has 1 aromatic heterocycles. The van der Waals surface area contributed by atoms with Crippen molar-refractivity contribution in [2.45, 2.75) is 25.8 Å². The molecular weight excluding hydrogens is 288 g/mol. The number of carboxylic acids is 1. The Kier molecular flexibility index (Phi) is 4.22. The van der Waals surface area contributed by atoms with E-state index in [-0.39, 0.29) is 12.3 Å². The van der Waals surface area contributed by atoms with Gasteiger partial charge in [-0.15, -0.1) is 0 Å². The Morgan fingerprint density at radius 3 is 2.65 bits per heavy atom. The van der Waals surface area contributed by atoms with E-state index < -0.39 is 11.5 Å². The monoisotopic (exact) mass is 300 g/mol. The Morgan fingerprint density at radius 1 is 1.47 bits per heavy atom. The molecule has 1 rings (SSSR count). The van der Waals surface area contributed by atoms with Crippen molar-refractivity contribution in [2.24, 2.45) is 0 Å². The van der Waals surface area contributed by atoms with E-state index in [1.165, 1.54) is 13.8 Å². The molecule has 0 fully saturated rings. The van der Waals surface area contributed by atoms with Gasteiger partial charge in [-0.25, -0.2) is 9.78 Å². The number of carbonyl (C=O) groups is 2. The lowest BCUT2D eigenvalue weighted by Crippen LogP contribution is -2.50. The molecule has 0 atom stereocenters. The number of halogens is 1. The van der Waals surface area contributed by atoms with Crippen LogP contribution >= 0.6 is 15.9 Å². The minimum Gasteiger partial charge on any atom is -0.480 e. The van der Waals surface area contributed by atoms with Crippen molar-refractivity contribution in [3.8, 4) is 0 Å². The van der Waals surface area contributed by atoms with Gasteiger partial charge in [-0.05, 0) is 41.9 Å². The molecule has 1 heterocycles. The lowest BCUT2D eigenvalue weighted by molar-refractivity contribution is -0.145. The normalized spacial score (nSPS) is 11.0. The van der Waals surface area contributed by atoms with Crippen LogP contribution in [0.5, 0.6) is 0 Å². The van der Waals surface area contributed by atoms with Gasteiger partial charge < -0.3 is 10.4 Å². The number of aromatic nitrogens is 1. The topological polar surface area (TPSA) is 79.3 Å². The van der Waals surface area contributed by atoms with E-state index >= 15 is 0 Å². The molecule has 0 saturated heterocycles. The standard InChI is InChI=1S/C11H13BrN2O3/c1-11(2,10(16)17)14-9(15)6-7-4-3-5-8(12)13-7/h3-5H,6H2,1-2H3,(H,14,15)(H,16,17). The van der Waals surface area contributed by atoms with Crippen LogP contribution in [0.4, 0.5) is 0 Å². The Labute approximate surface area is 107 Å². The maximum atomic E-state index is 11.6. The van der Waals surface area contributed by atoms with E-state index in [1.54, 1.807) is 18.2 Å². The minimum atomic E-state index is -1.27. The third-order valence-corrected chi connectivity index (χ3v) is 2.54. The van der Waals surface area contributed by atoms with Gasteiger partial charge in [-0.2, -0.15) is 0 Å². The van der Waals surface area contributed by atoms with Gasteiger partial charge in [0.25, 0.3) is 0 Å². The third kappa shape index (κ3) is 4.14. The predicted octanol–water partition coefficient (Wildman–Crippen LogP) is 1.37. The summed E-state index contributed by atoms with van der Waals surface area (Å²) < 4.78 is 0.639. The second-order valence-electron chi connectivity index (χ2n) is 4.11. The second-order valence-corrected chi connectivity index (χ2v) is 4.92. The van der Waals surface area contributed by atoms with Crippen LogP contribution in [-0.4, -0.2) is 27.5 Å². The van der Waals surface area contributed by atoms with Crippen molar-refractivity contribution in [3.05, 3.63) is 28.5 Å². The molecular formula is C11H13BrN2O3. The van der Waals surface area contributed by atoms with Crippen molar-refractivity contribution in [3.63, 3.8) is 0 Å². The quantitative estimate of drug-likeness (QED) is 0.823. The van der Waals surface area contributed by atoms with Gasteiger partial charge in [0.15, 0.2) is 0 Å². The van der Waals surface area contributed by atoms with Gasteiger partial charge in [0.1, 0.15) is 10.1 Å². The first-order valence-electron chi connectivity index (χ1n) is 4.97. The first kappa shape index (κ1) is 13.6. The van der Waals surface area contributed by atoms with Crippen LogP contribution in [0.2, 0.25) is 0 Å². The smallest absolute Gasteiger partial charge is 0.328 e. The number of hydrogen-bond acceptors (Lipinski definition) is 3. The molecule has 1 aromatic rings. The molecule has 0 spiro atoms. The van der Waals surface area contributed by atoms with Gasteiger partial charge >= 0.3 is 5.97 Å².